The van der Waals surface area contributed by atoms with Crippen molar-refractivity contribution in [2.75, 3.05) is 24.5 Å². The number of halogens is 3. The van der Waals surface area contributed by atoms with Gasteiger partial charge in [-0.15, -0.1) is 6.58 Å². The number of carbonyl (C=O) groups excluding carboxylic acids is 1. The van der Waals surface area contributed by atoms with Crippen molar-refractivity contribution in [2.24, 2.45) is 5.73 Å². The molecule has 1 saturated heterocycles. The van der Waals surface area contributed by atoms with Gasteiger partial charge in [-0.05, 0) is 42.9 Å². The number of rotatable bonds is 5. The second-order valence-electron chi connectivity index (χ2n) is 8.78. The predicted molar refractivity (Wildman–Crippen MR) is 120 cm³/mol. The molecule has 3 atom stereocenters. The van der Waals surface area contributed by atoms with Crippen LogP contribution in [-0.4, -0.2) is 52.5 Å². The molecule has 1 aromatic carbocycles. The summed E-state index contributed by atoms with van der Waals surface area (Å²) in [7, 11) is 0. The molecule has 2 N–H and O–H groups in total. The van der Waals surface area contributed by atoms with Crippen LogP contribution in [0.3, 0.4) is 0 Å². The Morgan fingerprint density at radius 3 is 2.67 bits per heavy atom. The number of hydrogen-bond acceptors (Lipinski definition) is 5. The number of nitrogens with two attached hydrogens (primary N) is 1. The van der Waals surface area contributed by atoms with Crippen molar-refractivity contribution in [3.05, 3.63) is 65.6 Å². The van der Waals surface area contributed by atoms with Crippen LogP contribution in [0.15, 0.2) is 43.2 Å². The molecule has 9 heteroatoms. The van der Waals surface area contributed by atoms with Gasteiger partial charge in [0.25, 0.3) is 0 Å². The normalized spacial score (nSPS) is 21.6. The Morgan fingerprint density at radius 2 is 2.00 bits per heavy atom. The Labute approximate surface area is 191 Å². The molecule has 4 rings (SSSR count). The number of aryl methyl sites for hydroxylation is 1. The molecule has 1 aliphatic heterocycles. The van der Waals surface area contributed by atoms with Crippen molar-refractivity contribution in [1.29, 1.82) is 0 Å². The fourth-order valence-electron chi connectivity index (χ4n) is 4.73. The fourth-order valence-corrected chi connectivity index (χ4v) is 4.73. The van der Waals surface area contributed by atoms with E-state index in [2.05, 4.69) is 28.4 Å². The number of aromatic nitrogens is 2. The minimum Gasteiger partial charge on any atom is -0.346 e. The molecule has 2 heterocycles. The van der Waals surface area contributed by atoms with Crippen LogP contribution < -0.4 is 10.6 Å². The van der Waals surface area contributed by atoms with Crippen LogP contribution in [0.5, 0.6) is 0 Å². The highest BCUT2D eigenvalue weighted by molar-refractivity contribution is 5.82. The number of amides is 1. The van der Waals surface area contributed by atoms with Gasteiger partial charge in [0.05, 0.1) is 17.6 Å². The Hall–Kier alpha value is -2.94. The van der Waals surface area contributed by atoms with E-state index in [1.807, 2.05) is 6.08 Å². The van der Waals surface area contributed by atoms with Gasteiger partial charge in [-0.1, -0.05) is 25.1 Å². The van der Waals surface area contributed by atoms with Gasteiger partial charge in [0.15, 0.2) is 0 Å². The number of hydrogen-bond donors (Lipinski definition) is 1. The van der Waals surface area contributed by atoms with Crippen molar-refractivity contribution < 1.29 is 18.0 Å². The zero-order valence-corrected chi connectivity index (χ0v) is 18.6. The van der Waals surface area contributed by atoms with Gasteiger partial charge >= 0.3 is 6.18 Å². The maximum atomic E-state index is 13.0. The summed E-state index contributed by atoms with van der Waals surface area (Å²) >= 11 is 0. The number of nitrogens with zero attached hydrogens (tertiary/aromatic N) is 4. The number of anilines is 1. The zero-order chi connectivity index (χ0) is 23.8. The molecule has 176 valence electrons. The van der Waals surface area contributed by atoms with Gasteiger partial charge in [-0.25, -0.2) is 9.97 Å². The quantitative estimate of drug-likeness (QED) is 0.695. The first-order chi connectivity index (χ1) is 15.7. The summed E-state index contributed by atoms with van der Waals surface area (Å²) in [5, 5.41) is 0. The molecule has 1 aromatic heterocycles. The Morgan fingerprint density at radius 1 is 1.27 bits per heavy atom. The van der Waals surface area contributed by atoms with E-state index in [4.69, 9.17) is 5.73 Å². The van der Waals surface area contributed by atoms with Crippen LogP contribution in [0.25, 0.3) is 0 Å². The Balaban J connectivity index is 1.43. The van der Waals surface area contributed by atoms with Gasteiger partial charge in [-0.3, -0.25) is 4.79 Å². The average Bonchev–Trinajstić information content (AvgIpc) is 3.19. The molecule has 0 spiro atoms. The van der Waals surface area contributed by atoms with Crippen LogP contribution >= 0.6 is 0 Å². The van der Waals surface area contributed by atoms with Crippen LogP contribution in [0.2, 0.25) is 0 Å². The maximum Gasteiger partial charge on any atom is 0.416 e. The second kappa shape index (κ2) is 9.13. The van der Waals surface area contributed by atoms with Crippen molar-refractivity contribution in [2.45, 2.75) is 50.4 Å². The molecule has 33 heavy (non-hydrogen) atoms. The second-order valence-corrected chi connectivity index (χ2v) is 8.78. The van der Waals surface area contributed by atoms with Crippen LogP contribution in [0.4, 0.5) is 19.0 Å². The highest BCUT2D eigenvalue weighted by atomic mass is 19.4. The smallest absolute Gasteiger partial charge is 0.346 e. The molecule has 0 radical (unpaired) electrons. The lowest BCUT2D eigenvalue weighted by Gasteiger charge is -2.42. The van der Waals surface area contributed by atoms with E-state index >= 15 is 0 Å². The first kappa shape index (κ1) is 23.2. The summed E-state index contributed by atoms with van der Waals surface area (Å²) in [6.45, 7) is 7.64. The molecule has 1 aliphatic carbocycles. The minimum absolute atomic E-state index is 0.118. The molecular weight excluding hydrogens is 431 g/mol. The lowest BCUT2D eigenvalue weighted by Crippen LogP contribution is -2.57. The summed E-state index contributed by atoms with van der Waals surface area (Å²) < 4.78 is 38.3. The predicted octanol–water partition coefficient (Wildman–Crippen LogP) is 3.32. The van der Waals surface area contributed by atoms with Crippen LogP contribution in [0.1, 0.15) is 41.6 Å². The van der Waals surface area contributed by atoms with Crippen molar-refractivity contribution in [3.63, 3.8) is 0 Å². The highest BCUT2D eigenvalue weighted by Gasteiger charge is 2.35. The standard InChI is InChI=1S/C24H28F3N5O/c1-3-18-13-31(10-11-32(18)22-21-15(2)4-9-20(21)29-14-30-22)23(33)19(28)12-16-5-7-17(8-6-16)24(25,26)27/h3,5-8,14-15,18-19H,1,4,9-13,28H2,2H3/t15?,18-,19?/m0/s1. The van der Waals surface area contributed by atoms with Crippen LogP contribution in [-0.2, 0) is 23.8 Å². The van der Waals surface area contributed by atoms with E-state index in [9.17, 15) is 18.0 Å². The molecule has 2 unspecified atom stereocenters. The Bertz CT molecular complexity index is 1020. The van der Waals surface area contributed by atoms with Crippen molar-refractivity contribution in [1.82, 2.24) is 14.9 Å². The third-order valence-electron chi connectivity index (χ3n) is 6.58. The molecule has 2 aliphatic rings. The summed E-state index contributed by atoms with van der Waals surface area (Å²) in [5.41, 5.74) is 8.30. The van der Waals surface area contributed by atoms with Gasteiger partial charge in [0.2, 0.25) is 5.91 Å². The maximum absolute atomic E-state index is 13.0. The number of alkyl halides is 3. The van der Waals surface area contributed by atoms with Gasteiger partial charge in [-0.2, -0.15) is 13.2 Å². The highest BCUT2D eigenvalue weighted by Crippen LogP contribution is 2.38. The third-order valence-corrected chi connectivity index (χ3v) is 6.58. The Kier molecular flexibility index (Phi) is 6.43. The lowest BCUT2D eigenvalue weighted by atomic mass is 10.0. The topological polar surface area (TPSA) is 75.3 Å². The summed E-state index contributed by atoms with van der Waals surface area (Å²) in [5.74, 6) is 1.08. The molecule has 6 nitrogen and oxygen atoms in total. The first-order valence-corrected chi connectivity index (χ1v) is 11.1. The summed E-state index contributed by atoms with van der Waals surface area (Å²) in [4.78, 5) is 25.9. The fraction of sp³-hybridized carbons (Fsp3) is 0.458. The number of fused-ring (bicyclic) bond motifs is 1. The first-order valence-electron chi connectivity index (χ1n) is 11.1. The van der Waals surface area contributed by atoms with E-state index in [0.717, 1.165) is 36.5 Å². The zero-order valence-electron chi connectivity index (χ0n) is 18.6. The van der Waals surface area contributed by atoms with Crippen molar-refractivity contribution >= 4 is 11.7 Å². The molecule has 0 saturated carbocycles. The van der Waals surface area contributed by atoms with E-state index in [1.54, 1.807) is 11.2 Å². The van der Waals surface area contributed by atoms with E-state index < -0.39 is 17.8 Å². The third kappa shape index (κ3) is 4.73. The minimum atomic E-state index is -4.39. The number of benzene rings is 1. The molecular formula is C24H28F3N5O. The molecule has 1 fully saturated rings. The van der Waals surface area contributed by atoms with Gasteiger partial charge in [0, 0.05) is 30.9 Å². The molecule has 1 amide bonds. The lowest BCUT2D eigenvalue weighted by molar-refractivity contribution is -0.137. The SMILES string of the molecule is C=C[C@H]1CN(C(=O)C(N)Cc2ccc(C(F)(F)F)cc2)CCN1c1ncnc2c1C(C)CC2. The summed E-state index contributed by atoms with van der Waals surface area (Å²) in [6.07, 6.45) is 1.20. The van der Waals surface area contributed by atoms with E-state index in [1.165, 1.54) is 17.7 Å². The summed E-state index contributed by atoms with van der Waals surface area (Å²) in [6, 6.07) is 3.82. The van der Waals surface area contributed by atoms with E-state index in [-0.39, 0.29) is 18.4 Å². The van der Waals surface area contributed by atoms with Gasteiger partial charge in [0.1, 0.15) is 12.1 Å². The van der Waals surface area contributed by atoms with E-state index in [0.29, 0.717) is 31.1 Å². The number of piperazine rings is 1. The number of carbonyl (C=O) groups is 1. The average molecular weight is 460 g/mol. The molecule has 0 bridgehead atoms. The largest absolute Gasteiger partial charge is 0.416 e. The van der Waals surface area contributed by atoms with Crippen molar-refractivity contribution in [3.8, 4) is 0 Å². The van der Waals surface area contributed by atoms with Gasteiger partial charge < -0.3 is 15.5 Å². The monoisotopic (exact) mass is 459 g/mol. The molecule has 2 aromatic rings. The van der Waals surface area contributed by atoms with Crippen LogP contribution in [0, 0.1) is 0 Å².